The van der Waals surface area contributed by atoms with Gasteiger partial charge in [-0.25, -0.2) is 4.98 Å². The summed E-state index contributed by atoms with van der Waals surface area (Å²) in [5, 5.41) is 17.9. The average molecular weight is 443 g/mol. The lowest BCUT2D eigenvalue weighted by molar-refractivity contribution is -0.137. The van der Waals surface area contributed by atoms with Crippen LogP contribution >= 0.6 is 24.0 Å². The summed E-state index contributed by atoms with van der Waals surface area (Å²) in [5.41, 5.74) is 3.21. The number of aromatic nitrogens is 1. The van der Waals surface area contributed by atoms with E-state index in [1.54, 1.807) is 11.0 Å². The van der Waals surface area contributed by atoms with E-state index in [4.69, 9.17) is 17.3 Å². The van der Waals surface area contributed by atoms with Gasteiger partial charge in [0.05, 0.1) is 22.9 Å². The predicted octanol–water partition coefficient (Wildman–Crippen LogP) is 4.09. The Morgan fingerprint density at radius 3 is 2.60 bits per heavy atom. The molecule has 1 aliphatic rings. The third-order valence-electron chi connectivity index (χ3n) is 4.63. The number of aliphatic hydroxyl groups is 1. The number of thioether (sulfide) groups is 1. The van der Waals surface area contributed by atoms with Crippen molar-refractivity contribution in [3.05, 3.63) is 58.6 Å². The Hall–Kier alpha value is -2.55. The van der Waals surface area contributed by atoms with Crippen LogP contribution in [-0.4, -0.2) is 42.8 Å². The molecule has 2 heterocycles. The molecule has 1 aromatic heterocycles. The normalized spacial score (nSPS) is 15.2. The van der Waals surface area contributed by atoms with Gasteiger partial charge >= 0.3 is 5.97 Å². The number of aliphatic hydroxyl groups excluding tert-OH is 1. The molecule has 1 amide bonds. The van der Waals surface area contributed by atoms with E-state index in [-0.39, 0.29) is 18.9 Å². The molecular formula is C22H22N2O4S2. The van der Waals surface area contributed by atoms with E-state index >= 15 is 0 Å². The van der Waals surface area contributed by atoms with Gasteiger partial charge < -0.3 is 10.2 Å². The Morgan fingerprint density at radius 2 is 1.90 bits per heavy atom. The standard InChI is InChI=1S/C22H22N2O4S2/c25-14-15-8-10-16(11-9-15)18-6-4-5-17(23-18)13-19-21(28)24(22(29)30-19)12-3-1-2-7-20(26)27/h4-6,8-11,13,25H,1-3,7,12,14H2,(H,26,27). The molecule has 0 atom stereocenters. The summed E-state index contributed by atoms with van der Waals surface area (Å²) >= 11 is 6.61. The molecule has 8 heteroatoms. The van der Waals surface area contributed by atoms with E-state index < -0.39 is 5.97 Å². The first-order valence-corrected chi connectivity index (χ1v) is 10.8. The number of unbranched alkanes of at least 4 members (excludes halogenated alkanes) is 2. The molecule has 1 aliphatic heterocycles. The Bertz CT molecular complexity index is 973. The van der Waals surface area contributed by atoms with Gasteiger partial charge in [0.25, 0.3) is 5.91 Å². The highest BCUT2D eigenvalue weighted by Crippen LogP contribution is 2.32. The second kappa shape index (κ2) is 10.5. The Kier molecular flexibility index (Phi) is 7.73. The maximum Gasteiger partial charge on any atom is 0.303 e. The number of carboxylic acid groups (broad SMARTS) is 1. The molecule has 2 aromatic rings. The van der Waals surface area contributed by atoms with Crippen molar-refractivity contribution in [2.45, 2.75) is 32.3 Å². The van der Waals surface area contributed by atoms with Crippen LogP contribution < -0.4 is 0 Å². The first-order chi connectivity index (χ1) is 14.5. The summed E-state index contributed by atoms with van der Waals surface area (Å²) in [6.07, 6.45) is 3.93. The molecule has 0 radical (unpaired) electrons. The minimum atomic E-state index is -0.803. The number of carbonyl (C=O) groups excluding carboxylic acids is 1. The number of aliphatic carboxylic acids is 1. The van der Waals surface area contributed by atoms with Gasteiger partial charge in [-0.1, -0.05) is 60.7 Å². The molecular weight excluding hydrogens is 420 g/mol. The second-order valence-corrected chi connectivity index (χ2v) is 8.52. The Balaban J connectivity index is 1.67. The fourth-order valence-corrected chi connectivity index (χ4v) is 4.32. The van der Waals surface area contributed by atoms with E-state index in [1.165, 1.54) is 11.8 Å². The molecule has 0 unspecified atom stereocenters. The molecule has 1 fully saturated rings. The lowest BCUT2D eigenvalue weighted by atomic mass is 10.1. The van der Waals surface area contributed by atoms with Crippen molar-refractivity contribution in [2.75, 3.05) is 6.54 Å². The predicted molar refractivity (Wildman–Crippen MR) is 122 cm³/mol. The monoisotopic (exact) mass is 442 g/mol. The SMILES string of the molecule is O=C(O)CCCCCN1C(=O)C(=Cc2cccc(-c3ccc(CO)cc3)n2)SC1=S. The molecule has 1 saturated heterocycles. The minimum Gasteiger partial charge on any atom is -0.481 e. The minimum absolute atomic E-state index is 0.00481. The number of hydrogen-bond donors (Lipinski definition) is 2. The number of nitrogens with zero attached hydrogens (tertiary/aromatic N) is 2. The molecule has 3 rings (SSSR count). The zero-order chi connectivity index (χ0) is 21.5. The van der Waals surface area contributed by atoms with E-state index in [2.05, 4.69) is 4.98 Å². The molecule has 1 aromatic carbocycles. The average Bonchev–Trinajstić information content (AvgIpc) is 3.00. The summed E-state index contributed by atoms with van der Waals surface area (Å²) in [6, 6.07) is 13.1. The van der Waals surface area contributed by atoms with Crippen LogP contribution in [0, 0.1) is 0 Å². The summed E-state index contributed by atoms with van der Waals surface area (Å²) in [4.78, 5) is 30.0. The Labute approximate surface area is 184 Å². The lowest BCUT2D eigenvalue weighted by Gasteiger charge is -2.13. The summed E-state index contributed by atoms with van der Waals surface area (Å²) in [5.74, 6) is -0.939. The van der Waals surface area contributed by atoms with Gasteiger partial charge in [0, 0.05) is 18.5 Å². The van der Waals surface area contributed by atoms with Gasteiger partial charge in [0.15, 0.2) is 0 Å². The van der Waals surface area contributed by atoms with Crippen molar-refractivity contribution in [3.8, 4) is 11.3 Å². The number of benzene rings is 1. The zero-order valence-corrected chi connectivity index (χ0v) is 17.9. The van der Waals surface area contributed by atoms with Crippen LogP contribution in [0.25, 0.3) is 17.3 Å². The van der Waals surface area contributed by atoms with E-state index in [9.17, 15) is 14.7 Å². The summed E-state index contributed by atoms with van der Waals surface area (Å²) < 4.78 is 0.514. The highest BCUT2D eigenvalue weighted by atomic mass is 32.2. The maximum atomic E-state index is 12.7. The first-order valence-electron chi connectivity index (χ1n) is 9.62. The molecule has 0 spiro atoms. The lowest BCUT2D eigenvalue weighted by Crippen LogP contribution is -2.29. The molecule has 6 nitrogen and oxygen atoms in total. The van der Waals surface area contributed by atoms with Crippen LogP contribution in [0.1, 0.15) is 36.9 Å². The van der Waals surface area contributed by atoms with Gasteiger partial charge in [-0.3, -0.25) is 14.5 Å². The molecule has 2 N–H and O–H groups in total. The van der Waals surface area contributed by atoms with Gasteiger partial charge in [-0.2, -0.15) is 0 Å². The number of amides is 1. The molecule has 0 aliphatic carbocycles. The number of rotatable bonds is 9. The fraction of sp³-hybridized carbons (Fsp3) is 0.273. The second-order valence-electron chi connectivity index (χ2n) is 6.84. The van der Waals surface area contributed by atoms with Crippen molar-refractivity contribution in [2.24, 2.45) is 0 Å². The van der Waals surface area contributed by atoms with Crippen LogP contribution in [0.15, 0.2) is 47.4 Å². The summed E-state index contributed by atoms with van der Waals surface area (Å²) in [7, 11) is 0. The van der Waals surface area contributed by atoms with Crippen LogP contribution in [0.4, 0.5) is 0 Å². The smallest absolute Gasteiger partial charge is 0.303 e. The van der Waals surface area contributed by atoms with Crippen molar-refractivity contribution < 1.29 is 19.8 Å². The number of carbonyl (C=O) groups is 2. The van der Waals surface area contributed by atoms with Crippen LogP contribution in [0.3, 0.4) is 0 Å². The topological polar surface area (TPSA) is 90.7 Å². The highest BCUT2D eigenvalue weighted by molar-refractivity contribution is 8.26. The highest BCUT2D eigenvalue weighted by Gasteiger charge is 2.31. The molecule has 0 saturated carbocycles. The first kappa shape index (κ1) is 22.1. The largest absolute Gasteiger partial charge is 0.481 e. The number of hydrogen-bond acceptors (Lipinski definition) is 6. The van der Waals surface area contributed by atoms with Crippen molar-refractivity contribution in [1.29, 1.82) is 0 Å². The molecule has 156 valence electrons. The van der Waals surface area contributed by atoms with Crippen molar-refractivity contribution in [1.82, 2.24) is 9.88 Å². The zero-order valence-electron chi connectivity index (χ0n) is 16.3. The third kappa shape index (κ3) is 5.75. The summed E-state index contributed by atoms with van der Waals surface area (Å²) in [6.45, 7) is 0.488. The van der Waals surface area contributed by atoms with Gasteiger partial charge in [-0.15, -0.1) is 0 Å². The number of pyridine rings is 1. The van der Waals surface area contributed by atoms with E-state index in [0.29, 0.717) is 34.3 Å². The fourth-order valence-electron chi connectivity index (χ4n) is 3.02. The van der Waals surface area contributed by atoms with E-state index in [1.807, 2.05) is 42.5 Å². The van der Waals surface area contributed by atoms with Crippen LogP contribution in [-0.2, 0) is 16.2 Å². The number of carboxylic acids is 1. The number of thiocarbonyl (C=S) groups is 1. The van der Waals surface area contributed by atoms with Crippen molar-refractivity contribution in [3.63, 3.8) is 0 Å². The van der Waals surface area contributed by atoms with Gasteiger partial charge in [-0.05, 0) is 36.6 Å². The third-order valence-corrected chi connectivity index (χ3v) is 6.01. The molecule has 0 bridgehead atoms. The quantitative estimate of drug-likeness (QED) is 0.343. The van der Waals surface area contributed by atoms with Gasteiger partial charge in [0.1, 0.15) is 4.32 Å². The van der Waals surface area contributed by atoms with Gasteiger partial charge in [0.2, 0.25) is 0 Å². The van der Waals surface area contributed by atoms with Crippen LogP contribution in [0.2, 0.25) is 0 Å². The Morgan fingerprint density at radius 1 is 1.13 bits per heavy atom. The van der Waals surface area contributed by atoms with E-state index in [0.717, 1.165) is 23.2 Å². The molecule has 30 heavy (non-hydrogen) atoms. The van der Waals surface area contributed by atoms with Crippen molar-refractivity contribution >= 4 is 46.3 Å². The maximum absolute atomic E-state index is 12.7. The van der Waals surface area contributed by atoms with Crippen LogP contribution in [0.5, 0.6) is 0 Å².